The normalized spacial score (nSPS) is 12.6. The summed E-state index contributed by atoms with van der Waals surface area (Å²) in [5, 5.41) is 2.81. The van der Waals surface area contributed by atoms with Gasteiger partial charge in [0.2, 0.25) is 0 Å². The molecule has 0 aliphatic rings. The van der Waals surface area contributed by atoms with Gasteiger partial charge in [0, 0.05) is 6.04 Å². The highest BCUT2D eigenvalue weighted by atomic mass is 16.5. The van der Waals surface area contributed by atoms with Crippen LogP contribution in [0.25, 0.3) is 0 Å². The molecule has 16 heavy (non-hydrogen) atoms. The van der Waals surface area contributed by atoms with Gasteiger partial charge in [-0.2, -0.15) is 0 Å². The van der Waals surface area contributed by atoms with Crippen LogP contribution in [0.4, 0.5) is 4.79 Å². The van der Waals surface area contributed by atoms with Crippen molar-refractivity contribution >= 4 is 6.09 Å². The van der Waals surface area contributed by atoms with Gasteiger partial charge in [0.05, 0.1) is 6.61 Å². The smallest absolute Gasteiger partial charge is 0.407 e. The Hall–Kier alpha value is -0.770. The average molecular weight is 230 g/mol. The van der Waals surface area contributed by atoms with E-state index in [-0.39, 0.29) is 12.1 Å². The molecule has 0 aromatic carbocycles. The SMILES string of the molecule is CCOC(=O)N[C@@H](C)CCCN(CC)CC. The Morgan fingerprint density at radius 1 is 1.31 bits per heavy atom. The van der Waals surface area contributed by atoms with Crippen LogP contribution >= 0.6 is 0 Å². The Labute approximate surface area is 99.3 Å². The minimum Gasteiger partial charge on any atom is -0.450 e. The van der Waals surface area contributed by atoms with Crippen LogP contribution in [0.2, 0.25) is 0 Å². The van der Waals surface area contributed by atoms with E-state index in [1.807, 2.05) is 13.8 Å². The second kappa shape index (κ2) is 9.46. The lowest BCUT2D eigenvalue weighted by atomic mass is 10.2. The molecular formula is C12H26N2O2. The van der Waals surface area contributed by atoms with Crippen molar-refractivity contribution in [2.75, 3.05) is 26.2 Å². The van der Waals surface area contributed by atoms with E-state index in [0.717, 1.165) is 32.5 Å². The van der Waals surface area contributed by atoms with Crippen LogP contribution < -0.4 is 5.32 Å². The zero-order chi connectivity index (χ0) is 12.4. The molecule has 0 saturated carbocycles. The molecule has 4 nitrogen and oxygen atoms in total. The fourth-order valence-corrected chi connectivity index (χ4v) is 1.61. The molecular weight excluding hydrogens is 204 g/mol. The number of nitrogens with zero attached hydrogens (tertiary/aromatic N) is 1. The molecule has 0 spiro atoms. The molecule has 1 N–H and O–H groups in total. The Bertz CT molecular complexity index is 182. The zero-order valence-electron chi connectivity index (χ0n) is 11.1. The molecule has 0 aliphatic heterocycles. The molecule has 0 heterocycles. The molecule has 0 unspecified atom stereocenters. The maximum Gasteiger partial charge on any atom is 0.407 e. The summed E-state index contributed by atoms with van der Waals surface area (Å²) in [4.78, 5) is 13.5. The molecule has 96 valence electrons. The van der Waals surface area contributed by atoms with Gasteiger partial charge in [-0.05, 0) is 46.3 Å². The number of alkyl carbamates (subject to hydrolysis) is 1. The van der Waals surface area contributed by atoms with E-state index in [1.54, 1.807) is 0 Å². The predicted octanol–water partition coefficient (Wildman–Crippen LogP) is 2.24. The lowest BCUT2D eigenvalue weighted by Gasteiger charge is -2.19. The lowest BCUT2D eigenvalue weighted by Crippen LogP contribution is -2.34. The molecule has 1 amide bonds. The van der Waals surface area contributed by atoms with Crippen LogP contribution in [0.3, 0.4) is 0 Å². The summed E-state index contributed by atoms with van der Waals surface area (Å²) in [6.07, 6.45) is 1.79. The lowest BCUT2D eigenvalue weighted by molar-refractivity contribution is 0.148. The van der Waals surface area contributed by atoms with Gasteiger partial charge in [-0.3, -0.25) is 0 Å². The van der Waals surface area contributed by atoms with E-state index < -0.39 is 0 Å². The molecule has 4 heteroatoms. The number of carbonyl (C=O) groups excluding carboxylic acids is 1. The maximum atomic E-state index is 11.1. The van der Waals surface area contributed by atoms with Gasteiger partial charge in [0.15, 0.2) is 0 Å². The van der Waals surface area contributed by atoms with E-state index in [4.69, 9.17) is 4.74 Å². The summed E-state index contributed by atoms with van der Waals surface area (Å²) in [7, 11) is 0. The number of rotatable bonds is 8. The van der Waals surface area contributed by atoms with Crippen molar-refractivity contribution in [3.8, 4) is 0 Å². The van der Waals surface area contributed by atoms with Crippen molar-refractivity contribution in [2.45, 2.75) is 46.6 Å². The zero-order valence-corrected chi connectivity index (χ0v) is 11.1. The average Bonchev–Trinajstić information content (AvgIpc) is 2.24. The minimum absolute atomic E-state index is 0.189. The van der Waals surface area contributed by atoms with Crippen molar-refractivity contribution in [1.82, 2.24) is 10.2 Å². The molecule has 1 atom stereocenters. The van der Waals surface area contributed by atoms with Crippen LogP contribution in [-0.4, -0.2) is 43.3 Å². The first kappa shape index (κ1) is 15.2. The second-order valence-electron chi connectivity index (χ2n) is 3.93. The highest BCUT2D eigenvalue weighted by Crippen LogP contribution is 1.99. The number of amides is 1. The van der Waals surface area contributed by atoms with Gasteiger partial charge in [-0.15, -0.1) is 0 Å². The molecule has 0 aromatic rings. The number of hydrogen-bond donors (Lipinski definition) is 1. The number of carbonyl (C=O) groups is 1. The summed E-state index contributed by atoms with van der Waals surface area (Å²) in [5.41, 5.74) is 0. The highest BCUT2D eigenvalue weighted by molar-refractivity contribution is 5.67. The van der Waals surface area contributed by atoms with Crippen LogP contribution in [-0.2, 0) is 4.74 Å². The van der Waals surface area contributed by atoms with Crippen molar-refractivity contribution in [3.63, 3.8) is 0 Å². The summed E-state index contributed by atoms with van der Waals surface area (Å²) in [6, 6.07) is 0.189. The summed E-state index contributed by atoms with van der Waals surface area (Å²) >= 11 is 0. The van der Waals surface area contributed by atoms with Crippen molar-refractivity contribution < 1.29 is 9.53 Å². The third-order valence-corrected chi connectivity index (χ3v) is 2.65. The summed E-state index contributed by atoms with van der Waals surface area (Å²) < 4.78 is 4.82. The van der Waals surface area contributed by atoms with E-state index in [9.17, 15) is 4.79 Å². The number of hydrogen-bond acceptors (Lipinski definition) is 3. The van der Waals surface area contributed by atoms with Crippen molar-refractivity contribution in [1.29, 1.82) is 0 Å². The number of ether oxygens (including phenoxy) is 1. The van der Waals surface area contributed by atoms with E-state index in [1.165, 1.54) is 0 Å². The molecule has 0 radical (unpaired) electrons. The van der Waals surface area contributed by atoms with Crippen molar-refractivity contribution in [3.05, 3.63) is 0 Å². The predicted molar refractivity (Wildman–Crippen MR) is 66.6 cm³/mol. The third kappa shape index (κ3) is 7.51. The van der Waals surface area contributed by atoms with E-state index in [0.29, 0.717) is 6.61 Å². The van der Waals surface area contributed by atoms with Crippen LogP contribution in [0.15, 0.2) is 0 Å². The first-order chi connectivity index (χ1) is 7.63. The summed E-state index contributed by atoms with van der Waals surface area (Å²) in [5.74, 6) is 0. The van der Waals surface area contributed by atoms with Gasteiger partial charge >= 0.3 is 6.09 Å². The fraction of sp³-hybridized carbons (Fsp3) is 0.917. The first-order valence-electron chi connectivity index (χ1n) is 6.29. The second-order valence-corrected chi connectivity index (χ2v) is 3.93. The standard InChI is InChI=1S/C12H26N2O2/c1-5-14(6-2)10-8-9-11(4)13-12(15)16-7-3/h11H,5-10H2,1-4H3,(H,13,15)/t11-/m0/s1. The molecule has 0 saturated heterocycles. The Balaban J connectivity index is 3.56. The minimum atomic E-state index is -0.308. The van der Waals surface area contributed by atoms with Gasteiger partial charge in [0.1, 0.15) is 0 Å². The van der Waals surface area contributed by atoms with Gasteiger partial charge in [-0.25, -0.2) is 4.79 Å². The van der Waals surface area contributed by atoms with Gasteiger partial charge in [0.25, 0.3) is 0 Å². The van der Waals surface area contributed by atoms with Crippen molar-refractivity contribution in [2.24, 2.45) is 0 Å². The molecule has 0 aromatic heterocycles. The van der Waals surface area contributed by atoms with Crippen LogP contribution in [0.1, 0.15) is 40.5 Å². The Morgan fingerprint density at radius 3 is 2.44 bits per heavy atom. The largest absolute Gasteiger partial charge is 0.450 e. The third-order valence-electron chi connectivity index (χ3n) is 2.65. The van der Waals surface area contributed by atoms with Gasteiger partial charge < -0.3 is 15.0 Å². The maximum absolute atomic E-state index is 11.1. The first-order valence-corrected chi connectivity index (χ1v) is 6.29. The highest BCUT2D eigenvalue weighted by Gasteiger charge is 2.07. The molecule has 0 aliphatic carbocycles. The Kier molecular flexibility index (Phi) is 9.00. The monoisotopic (exact) mass is 230 g/mol. The fourth-order valence-electron chi connectivity index (χ4n) is 1.61. The van der Waals surface area contributed by atoms with E-state index in [2.05, 4.69) is 24.1 Å². The molecule has 0 bridgehead atoms. The van der Waals surface area contributed by atoms with Gasteiger partial charge in [-0.1, -0.05) is 13.8 Å². The number of nitrogens with one attached hydrogen (secondary N) is 1. The molecule has 0 rings (SSSR count). The summed E-state index contributed by atoms with van der Waals surface area (Å²) in [6.45, 7) is 11.9. The molecule has 0 fully saturated rings. The Morgan fingerprint density at radius 2 is 1.94 bits per heavy atom. The van der Waals surface area contributed by atoms with Crippen LogP contribution in [0.5, 0.6) is 0 Å². The van der Waals surface area contributed by atoms with E-state index >= 15 is 0 Å². The quantitative estimate of drug-likeness (QED) is 0.695. The topological polar surface area (TPSA) is 41.6 Å². The van der Waals surface area contributed by atoms with Crippen LogP contribution in [0, 0.1) is 0 Å².